The Hall–Kier alpha value is -7.46. The van der Waals surface area contributed by atoms with Gasteiger partial charge in [0, 0.05) is 59.3 Å². The van der Waals surface area contributed by atoms with Crippen molar-refractivity contribution in [3.8, 4) is 27.9 Å². The largest absolute Gasteiger partial charge is 0.310 e. The number of hydrogen-bond donors (Lipinski definition) is 0. The molecular formula is C56H36N2S. The Labute approximate surface area is 346 Å². The van der Waals surface area contributed by atoms with Crippen LogP contribution in [0.1, 0.15) is 0 Å². The molecule has 3 heteroatoms. The maximum atomic E-state index is 2.42. The smallest absolute Gasteiger partial charge is 0.0619 e. The molecule has 10 aromatic carbocycles. The first-order valence-corrected chi connectivity index (χ1v) is 21.0. The fraction of sp³-hybridized carbons (Fsp3) is 0. The molecule has 0 unspecified atom stereocenters. The minimum absolute atomic E-state index is 1.11. The zero-order chi connectivity index (χ0) is 38.9. The van der Waals surface area contributed by atoms with E-state index in [1.54, 1.807) is 0 Å². The van der Waals surface area contributed by atoms with E-state index in [4.69, 9.17) is 0 Å². The lowest BCUT2D eigenvalue weighted by Gasteiger charge is -2.26. The molecule has 0 aliphatic rings. The van der Waals surface area contributed by atoms with E-state index < -0.39 is 0 Å². The molecule has 2 nitrogen and oxygen atoms in total. The highest BCUT2D eigenvalue weighted by Gasteiger charge is 2.19. The number of rotatable bonds is 6. The van der Waals surface area contributed by atoms with Crippen LogP contribution >= 0.6 is 11.3 Å². The number of aromatic nitrogens is 1. The topological polar surface area (TPSA) is 8.17 Å². The van der Waals surface area contributed by atoms with E-state index in [-0.39, 0.29) is 0 Å². The highest BCUT2D eigenvalue weighted by molar-refractivity contribution is 7.25. The molecule has 0 aliphatic carbocycles. The standard InChI is InChI=1S/C56H36N2S/c1-2-14-40(15-3-1)58-53-23-10-8-19-48(53)51-22-12-21-45(56(51)58)37-25-29-41(30-26-37)57(43-33-34-50-49-20-9-11-24-54(49)59-55(50)36-43)42-31-27-38(28-32-42)52-35-39-13-4-5-16-44(39)46-17-6-7-18-47(46)52/h1-36H. The van der Waals surface area contributed by atoms with E-state index in [0.29, 0.717) is 0 Å². The van der Waals surface area contributed by atoms with Gasteiger partial charge in [-0.15, -0.1) is 11.3 Å². The molecule has 0 saturated heterocycles. The SMILES string of the molecule is c1ccc(-n2c3ccccc3c3cccc(-c4ccc(N(c5ccc(-c6cc7ccccc7c7ccccc67)cc5)c5ccc6c(c5)sc5ccccc56)cc4)c32)cc1. The predicted molar refractivity (Wildman–Crippen MR) is 254 cm³/mol. The third-order valence-corrected chi connectivity index (χ3v) is 13.1. The van der Waals surface area contributed by atoms with Crippen molar-refractivity contribution in [2.75, 3.05) is 4.90 Å². The van der Waals surface area contributed by atoms with Crippen LogP contribution in [0.25, 0.3) is 91.5 Å². The third-order valence-electron chi connectivity index (χ3n) is 12.0. The molecule has 59 heavy (non-hydrogen) atoms. The lowest BCUT2D eigenvalue weighted by Crippen LogP contribution is -2.09. The van der Waals surface area contributed by atoms with Gasteiger partial charge in [-0.1, -0.05) is 152 Å². The van der Waals surface area contributed by atoms with Crippen molar-refractivity contribution in [3.05, 3.63) is 218 Å². The summed E-state index contributed by atoms with van der Waals surface area (Å²) in [5, 5.41) is 10.2. The number of thiophene rings is 1. The van der Waals surface area contributed by atoms with Crippen molar-refractivity contribution in [1.82, 2.24) is 4.57 Å². The number of nitrogens with zero attached hydrogens (tertiary/aromatic N) is 2. The van der Waals surface area contributed by atoms with Gasteiger partial charge in [0.1, 0.15) is 0 Å². The van der Waals surface area contributed by atoms with Crippen molar-refractivity contribution < 1.29 is 0 Å². The molecule has 0 bridgehead atoms. The second-order valence-corrected chi connectivity index (χ2v) is 16.4. The monoisotopic (exact) mass is 768 g/mol. The van der Waals surface area contributed by atoms with E-state index in [9.17, 15) is 0 Å². The zero-order valence-electron chi connectivity index (χ0n) is 32.1. The molecule has 0 fully saturated rings. The Bertz CT molecular complexity index is 3540. The second-order valence-electron chi connectivity index (χ2n) is 15.3. The van der Waals surface area contributed by atoms with Crippen LogP contribution in [0.4, 0.5) is 17.1 Å². The van der Waals surface area contributed by atoms with Gasteiger partial charge in [0.05, 0.1) is 11.0 Å². The number of hydrogen-bond acceptors (Lipinski definition) is 2. The van der Waals surface area contributed by atoms with Crippen molar-refractivity contribution in [1.29, 1.82) is 0 Å². The molecular weight excluding hydrogens is 733 g/mol. The summed E-state index contributed by atoms with van der Waals surface area (Å²) < 4.78 is 5.01. The van der Waals surface area contributed by atoms with Crippen LogP contribution in [0, 0.1) is 0 Å². The molecule has 0 saturated carbocycles. The first-order chi connectivity index (χ1) is 29.3. The van der Waals surface area contributed by atoms with E-state index in [1.807, 2.05) is 11.3 Å². The molecule has 2 heterocycles. The molecule has 0 radical (unpaired) electrons. The Morgan fingerprint density at radius 2 is 0.915 bits per heavy atom. The number of anilines is 3. The molecule has 276 valence electrons. The molecule has 2 aromatic heterocycles. The van der Waals surface area contributed by atoms with E-state index in [1.165, 1.54) is 85.8 Å². The number of para-hydroxylation sites is 3. The van der Waals surface area contributed by atoms with E-state index >= 15 is 0 Å². The predicted octanol–water partition coefficient (Wildman–Crippen LogP) is 16.3. The number of benzene rings is 10. The maximum absolute atomic E-state index is 2.42. The summed E-state index contributed by atoms with van der Waals surface area (Å²) in [4.78, 5) is 2.40. The third kappa shape index (κ3) is 5.47. The van der Waals surface area contributed by atoms with Crippen LogP contribution in [-0.2, 0) is 0 Å². The highest BCUT2D eigenvalue weighted by atomic mass is 32.1. The quantitative estimate of drug-likeness (QED) is 0.153. The number of fused-ring (bicyclic) bond motifs is 9. The summed E-state index contributed by atoms with van der Waals surface area (Å²) >= 11 is 1.86. The van der Waals surface area contributed by atoms with Crippen LogP contribution < -0.4 is 4.90 Å². The van der Waals surface area contributed by atoms with Gasteiger partial charge < -0.3 is 9.47 Å². The van der Waals surface area contributed by atoms with Crippen LogP contribution in [0.5, 0.6) is 0 Å². The van der Waals surface area contributed by atoms with Gasteiger partial charge in [-0.25, -0.2) is 0 Å². The lowest BCUT2D eigenvalue weighted by molar-refractivity contribution is 1.18. The van der Waals surface area contributed by atoms with Gasteiger partial charge in [0.2, 0.25) is 0 Å². The summed E-state index contributed by atoms with van der Waals surface area (Å²) in [6.45, 7) is 0. The van der Waals surface area contributed by atoms with Crippen molar-refractivity contribution in [3.63, 3.8) is 0 Å². The van der Waals surface area contributed by atoms with Crippen LogP contribution in [0.3, 0.4) is 0 Å². The average Bonchev–Trinajstić information content (AvgIpc) is 3.85. The fourth-order valence-electron chi connectivity index (χ4n) is 9.27. The molecule has 0 spiro atoms. The Morgan fingerprint density at radius 3 is 1.69 bits per heavy atom. The highest BCUT2D eigenvalue weighted by Crippen LogP contribution is 2.44. The van der Waals surface area contributed by atoms with Crippen LogP contribution in [0.15, 0.2) is 218 Å². The van der Waals surface area contributed by atoms with Gasteiger partial charge in [0.25, 0.3) is 0 Å². The van der Waals surface area contributed by atoms with Gasteiger partial charge >= 0.3 is 0 Å². The fourth-order valence-corrected chi connectivity index (χ4v) is 10.4. The lowest BCUT2D eigenvalue weighted by atomic mass is 9.93. The van der Waals surface area contributed by atoms with Gasteiger partial charge in [0.15, 0.2) is 0 Å². The van der Waals surface area contributed by atoms with Crippen molar-refractivity contribution in [2.45, 2.75) is 0 Å². The molecule has 0 amide bonds. The second kappa shape index (κ2) is 13.6. The molecule has 0 aliphatic heterocycles. The Morgan fingerprint density at radius 1 is 0.339 bits per heavy atom. The summed E-state index contributed by atoms with van der Waals surface area (Å²) in [5.41, 5.74) is 11.8. The van der Waals surface area contributed by atoms with Crippen LogP contribution in [-0.4, -0.2) is 4.57 Å². The summed E-state index contributed by atoms with van der Waals surface area (Å²) in [6, 6.07) is 79.9. The van der Waals surface area contributed by atoms with Crippen LogP contribution in [0.2, 0.25) is 0 Å². The van der Waals surface area contributed by atoms with Crippen molar-refractivity contribution in [2.24, 2.45) is 0 Å². The van der Waals surface area contributed by atoms with Crippen molar-refractivity contribution >= 4 is 91.9 Å². The first kappa shape index (κ1) is 33.7. The molecule has 0 atom stereocenters. The maximum Gasteiger partial charge on any atom is 0.0619 e. The summed E-state index contributed by atoms with van der Waals surface area (Å²) in [5.74, 6) is 0. The minimum Gasteiger partial charge on any atom is -0.310 e. The normalized spacial score (nSPS) is 11.7. The van der Waals surface area contributed by atoms with Gasteiger partial charge in [-0.3, -0.25) is 0 Å². The summed E-state index contributed by atoms with van der Waals surface area (Å²) in [6.07, 6.45) is 0. The Kier molecular flexibility index (Phi) is 7.75. The first-order valence-electron chi connectivity index (χ1n) is 20.2. The average molecular weight is 769 g/mol. The van der Waals surface area contributed by atoms with Gasteiger partial charge in [-0.2, -0.15) is 0 Å². The van der Waals surface area contributed by atoms with E-state index in [0.717, 1.165) is 22.7 Å². The van der Waals surface area contributed by atoms with E-state index in [2.05, 4.69) is 228 Å². The minimum atomic E-state index is 1.11. The molecule has 0 N–H and O–H groups in total. The van der Waals surface area contributed by atoms with Gasteiger partial charge in [-0.05, 0) is 105 Å². The zero-order valence-corrected chi connectivity index (χ0v) is 32.9. The summed E-state index contributed by atoms with van der Waals surface area (Å²) in [7, 11) is 0. The molecule has 12 rings (SSSR count). The molecule has 12 aromatic rings. The Balaban J connectivity index is 1.01.